The van der Waals surface area contributed by atoms with Crippen LogP contribution < -0.4 is 5.32 Å². The zero-order valence-electron chi connectivity index (χ0n) is 18.0. The van der Waals surface area contributed by atoms with Crippen LogP contribution in [0.4, 0.5) is 10.1 Å². The van der Waals surface area contributed by atoms with Crippen molar-refractivity contribution >= 4 is 17.5 Å². The van der Waals surface area contributed by atoms with Gasteiger partial charge in [0, 0.05) is 31.9 Å². The second kappa shape index (κ2) is 9.74. The van der Waals surface area contributed by atoms with Crippen molar-refractivity contribution in [3.63, 3.8) is 0 Å². The minimum atomic E-state index is -0.343. The molecule has 0 aliphatic carbocycles. The second-order valence-corrected chi connectivity index (χ2v) is 7.73. The Morgan fingerprint density at radius 1 is 1.00 bits per heavy atom. The normalized spacial score (nSPS) is 14.4. The van der Waals surface area contributed by atoms with E-state index in [0.29, 0.717) is 43.9 Å². The number of anilines is 1. The van der Waals surface area contributed by atoms with Gasteiger partial charge in [-0.1, -0.05) is 25.1 Å². The fourth-order valence-electron chi connectivity index (χ4n) is 3.90. The molecule has 1 aromatic heterocycles. The molecule has 4 rings (SSSR count). The lowest BCUT2D eigenvalue weighted by molar-refractivity contribution is -0.117. The number of benzene rings is 2. The quantitative estimate of drug-likeness (QED) is 0.646. The first kappa shape index (κ1) is 21.7. The molecule has 32 heavy (non-hydrogen) atoms. The van der Waals surface area contributed by atoms with Crippen molar-refractivity contribution in [2.24, 2.45) is 0 Å². The number of amides is 2. The molecule has 0 spiro atoms. The molecule has 2 aromatic carbocycles. The summed E-state index contributed by atoms with van der Waals surface area (Å²) in [7, 11) is 0. The maximum atomic E-state index is 13.2. The van der Waals surface area contributed by atoms with Gasteiger partial charge in [-0.05, 0) is 42.8 Å². The molecule has 166 valence electrons. The average molecular weight is 436 g/mol. The third-order valence-electron chi connectivity index (χ3n) is 5.59. The minimum Gasteiger partial charge on any atom is -0.336 e. The predicted molar refractivity (Wildman–Crippen MR) is 120 cm³/mol. The first-order chi connectivity index (χ1) is 15.5. The van der Waals surface area contributed by atoms with Crippen LogP contribution in [0, 0.1) is 5.82 Å². The lowest BCUT2D eigenvalue weighted by Gasteiger charge is -2.34. The van der Waals surface area contributed by atoms with E-state index in [1.807, 2.05) is 51.7 Å². The van der Waals surface area contributed by atoms with E-state index in [2.05, 4.69) is 10.4 Å². The molecule has 0 unspecified atom stereocenters. The molecule has 0 saturated carbocycles. The average Bonchev–Trinajstić information content (AvgIpc) is 3.25. The van der Waals surface area contributed by atoms with Crippen molar-refractivity contribution in [2.45, 2.75) is 13.3 Å². The Hall–Kier alpha value is -3.52. The number of nitrogens with one attached hydrogen (secondary N) is 1. The summed E-state index contributed by atoms with van der Waals surface area (Å²) < 4.78 is 14.8. The Bertz CT molecular complexity index is 1070. The van der Waals surface area contributed by atoms with Gasteiger partial charge in [-0.15, -0.1) is 0 Å². The van der Waals surface area contributed by atoms with Crippen LogP contribution in [-0.2, 0) is 11.2 Å². The summed E-state index contributed by atoms with van der Waals surface area (Å²) in [4.78, 5) is 29.3. The van der Waals surface area contributed by atoms with E-state index in [1.165, 1.54) is 24.3 Å². The van der Waals surface area contributed by atoms with Crippen molar-refractivity contribution < 1.29 is 14.0 Å². The van der Waals surface area contributed by atoms with E-state index < -0.39 is 0 Å². The summed E-state index contributed by atoms with van der Waals surface area (Å²) in [5.41, 5.74) is 3.01. The summed E-state index contributed by atoms with van der Waals surface area (Å²) in [5.74, 6) is -0.530. The summed E-state index contributed by atoms with van der Waals surface area (Å²) >= 11 is 0. The maximum absolute atomic E-state index is 13.2. The number of halogens is 1. The second-order valence-electron chi connectivity index (χ2n) is 7.73. The number of para-hydroxylation sites is 1. The molecule has 2 heterocycles. The smallest absolute Gasteiger partial charge is 0.257 e. The number of carbonyl (C=O) groups is 2. The van der Waals surface area contributed by atoms with E-state index in [0.717, 1.165) is 11.4 Å². The topological polar surface area (TPSA) is 70.5 Å². The number of hydrogen-bond acceptors (Lipinski definition) is 4. The Labute approximate surface area is 186 Å². The molecule has 1 aliphatic rings. The van der Waals surface area contributed by atoms with Gasteiger partial charge in [0.25, 0.3) is 5.91 Å². The highest BCUT2D eigenvalue weighted by Crippen LogP contribution is 2.18. The van der Waals surface area contributed by atoms with Gasteiger partial charge in [0.05, 0.1) is 29.7 Å². The summed E-state index contributed by atoms with van der Waals surface area (Å²) in [6, 6.07) is 15.5. The standard InChI is InChI=1S/C24H26FN5O2/c1-2-22-21(16-26-30(22)20-6-4-3-5-7-20)24(32)29-14-12-28(13-15-29)17-23(31)27-19-10-8-18(25)9-11-19/h3-11,16H,2,12-15,17H2,1H3,(H,27,31). The monoisotopic (exact) mass is 435 g/mol. The Morgan fingerprint density at radius 2 is 1.69 bits per heavy atom. The van der Waals surface area contributed by atoms with Gasteiger partial charge in [-0.2, -0.15) is 5.10 Å². The largest absolute Gasteiger partial charge is 0.336 e. The summed E-state index contributed by atoms with van der Waals surface area (Å²) in [6.45, 7) is 4.55. The maximum Gasteiger partial charge on any atom is 0.257 e. The van der Waals surface area contributed by atoms with Crippen LogP contribution in [0.5, 0.6) is 0 Å². The fraction of sp³-hybridized carbons (Fsp3) is 0.292. The Balaban J connectivity index is 1.34. The molecule has 0 radical (unpaired) electrons. The van der Waals surface area contributed by atoms with E-state index in [4.69, 9.17) is 0 Å². The lowest BCUT2D eigenvalue weighted by Crippen LogP contribution is -2.50. The van der Waals surface area contributed by atoms with Crippen LogP contribution in [0.3, 0.4) is 0 Å². The molecule has 1 fully saturated rings. The number of aromatic nitrogens is 2. The third-order valence-corrected chi connectivity index (χ3v) is 5.59. The number of piperazine rings is 1. The molecule has 1 saturated heterocycles. The lowest BCUT2D eigenvalue weighted by atomic mass is 10.1. The van der Waals surface area contributed by atoms with Crippen molar-refractivity contribution in [1.29, 1.82) is 0 Å². The SMILES string of the molecule is CCc1c(C(=O)N2CCN(CC(=O)Nc3ccc(F)cc3)CC2)cnn1-c1ccccc1. The zero-order chi connectivity index (χ0) is 22.5. The Kier molecular flexibility index (Phi) is 6.61. The van der Waals surface area contributed by atoms with Crippen LogP contribution in [0.25, 0.3) is 5.69 Å². The van der Waals surface area contributed by atoms with Gasteiger partial charge in [-0.3, -0.25) is 14.5 Å². The van der Waals surface area contributed by atoms with Crippen molar-refractivity contribution in [3.05, 3.63) is 77.9 Å². The first-order valence-electron chi connectivity index (χ1n) is 10.7. The summed E-state index contributed by atoms with van der Waals surface area (Å²) in [5, 5.41) is 7.23. The molecule has 2 amide bonds. The number of hydrogen-bond donors (Lipinski definition) is 1. The van der Waals surface area contributed by atoms with Crippen LogP contribution in [0.15, 0.2) is 60.8 Å². The van der Waals surface area contributed by atoms with Gasteiger partial charge in [0.1, 0.15) is 5.82 Å². The molecule has 3 aromatic rings. The molecule has 7 nitrogen and oxygen atoms in total. The van der Waals surface area contributed by atoms with Crippen molar-refractivity contribution in [2.75, 3.05) is 38.0 Å². The van der Waals surface area contributed by atoms with Gasteiger partial charge in [0.15, 0.2) is 0 Å². The molecule has 1 N–H and O–H groups in total. The van der Waals surface area contributed by atoms with Crippen molar-refractivity contribution in [3.8, 4) is 5.69 Å². The van der Waals surface area contributed by atoms with E-state index >= 15 is 0 Å². The Morgan fingerprint density at radius 3 is 2.34 bits per heavy atom. The number of rotatable bonds is 6. The molecule has 8 heteroatoms. The van der Waals surface area contributed by atoms with Gasteiger partial charge < -0.3 is 10.2 Å². The van der Waals surface area contributed by atoms with E-state index in [-0.39, 0.29) is 24.2 Å². The molecule has 0 bridgehead atoms. The van der Waals surface area contributed by atoms with Crippen LogP contribution in [0.2, 0.25) is 0 Å². The number of nitrogens with zero attached hydrogens (tertiary/aromatic N) is 4. The summed E-state index contributed by atoms with van der Waals surface area (Å²) in [6.07, 6.45) is 2.34. The van der Waals surface area contributed by atoms with Crippen LogP contribution in [0.1, 0.15) is 23.0 Å². The van der Waals surface area contributed by atoms with Gasteiger partial charge in [-0.25, -0.2) is 9.07 Å². The molecular weight excluding hydrogens is 409 g/mol. The predicted octanol–water partition coefficient (Wildman–Crippen LogP) is 2.97. The minimum absolute atomic E-state index is 0.0283. The van der Waals surface area contributed by atoms with Crippen LogP contribution in [-0.4, -0.2) is 64.1 Å². The highest BCUT2D eigenvalue weighted by atomic mass is 19.1. The fourth-order valence-corrected chi connectivity index (χ4v) is 3.90. The first-order valence-corrected chi connectivity index (χ1v) is 10.7. The van der Waals surface area contributed by atoms with Crippen LogP contribution >= 0.6 is 0 Å². The van der Waals surface area contributed by atoms with Gasteiger partial charge >= 0.3 is 0 Å². The molecule has 1 aliphatic heterocycles. The highest BCUT2D eigenvalue weighted by Gasteiger charge is 2.26. The zero-order valence-corrected chi connectivity index (χ0v) is 18.0. The van der Waals surface area contributed by atoms with Gasteiger partial charge in [0.2, 0.25) is 5.91 Å². The highest BCUT2D eigenvalue weighted by molar-refractivity contribution is 5.95. The molecule has 0 atom stereocenters. The third kappa shape index (κ3) is 4.86. The number of carbonyl (C=O) groups excluding carboxylic acids is 2. The molecular formula is C24H26FN5O2. The van der Waals surface area contributed by atoms with Crippen molar-refractivity contribution in [1.82, 2.24) is 19.6 Å². The van der Waals surface area contributed by atoms with E-state index in [9.17, 15) is 14.0 Å². The van der Waals surface area contributed by atoms with E-state index in [1.54, 1.807) is 6.20 Å².